The van der Waals surface area contributed by atoms with Crippen LogP contribution in [0, 0.1) is 10.1 Å². The van der Waals surface area contributed by atoms with Crippen molar-refractivity contribution >= 4 is 45.5 Å². The van der Waals surface area contributed by atoms with Crippen molar-refractivity contribution in [1.29, 1.82) is 0 Å². The van der Waals surface area contributed by atoms with Gasteiger partial charge in [-0.2, -0.15) is 0 Å². The summed E-state index contributed by atoms with van der Waals surface area (Å²) in [7, 11) is 0. The van der Waals surface area contributed by atoms with E-state index in [0.29, 0.717) is 17.6 Å². The quantitative estimate of drug-likeness (QED) is 0.240. The number of aromatic nitrogens is 1. The highest BCUT2D eigenvalue weighted by Crippen LogP contribution is 2.29. The molecule has 1 aromatic heterocycles. The first kappa shape index (κ1) is 20.6. The zero-order chi connectivity index (χ0) is 20.7. The fourth-order valence-electron chi connectivity index (χ4n) is 2.28. The topological polar surface area (TPSA) is 169 Å². The molecule has 1 heterocycles. The number of aliphatic carboxylic acids is 1. The van der Waals surface area contributed by atoms with Gasteiger partial charge in [0.2, 0.25) is 11.4 Å². The summed E-state index contributed by atoms with van der Waals surface area (Å²) in [6.45, 7) is 0. The minimum Gasteiger partial charge on any atom is -0.479 e. The first-order chi connectivity index (χ1) is 13.3. The van der Waals surface area contributed by atoms with E-state index in [4.69, 9.17) is 0 Å². The van der Waals surface area contributed by atoms with Crippen LogP contribution in [0.1, 0.15) is 18.4 Å². The SMILES string of the molecule is O=CCCC(=O)NC(C(=O)O)(C(=O)Nc1ncc([N+](=O)[O-])s1)c1ccccc1. The number of hydrogen-bond donors (Lipinski definition) is 3. The summed E-state index contributed by atoms with van der Waals surface area (Å²) in [5.74, 6) is -3.68. The maximum atomic E-state index is 12.9. The molecule has 2 aromatic rings. The standard InChI is InChI=1S/C16H14N4O7S/c21-8-4-7-11(22)19-16(14(24)25,10-5-2-1-3-6-10)13(23)18-15-17-9-12(28-15)20(26)27/h1-3,5-6,8-9H,4,7H2,(H,19,22)(H,24,25)(H,17,18,23). The summed E-state index contributed by atoms with van der Waals surface area (Å²) in [4.78, 5) is 61.3. The van der Waals surface area contributed by atoms with Gasteiger partial charge in [0.15, 0.2) is 5.13 Å². The van der Waals surface area contributed by atoms with Gasteiger partial charge in [0.25, 0.3) is 5.91 Å². The Kier molecular flexibility index (Phi) is 6.50. The zero-order valence-electron chi connectivity index (χ0n) is 14.2. The number of benzene rings is 1. The van der Waals surface area contributed by atoms with Crippen LogP contribution < -0.4 is 10.6 Å². The van der Waals surface area contributed by atoms with Gasteiger partial charge in [-0.15, -0.1) is 0 Å². The van der Waals surface area contributed by atoms with Crippen LogP contribution in [-0.4, -0.2) is 39.1 Å². The molecule has 0 aliphatic heterocycles. The number of hydrogen-bond acceptors (Lipinski definition) is 8. The van der Waals surface area contributed by atoms with Gasteiger partial charge in [0.1, 0.15) is 12.5 Å². The van der Waals surface area contributed by atoms with Gasteiger partial charge in [-0.25, -0.2) is 9.78 Å². The summed E-state index contributed by atoms with van der Waals surface area (Å²) in [5, 5.41) is 24.4. The zero-order valence-corrected chi connectivity index (χ0v) is 15.0. The molecule has 1 unspecified atom stereocenters. The minimum absolute atomic E-state index is 0.0505. The average molecular weight is 406 g/mol. The second kappa shape index (κ2) is 8.81. The lowest BCUT2D eigenvalue weighted by Gasteiger charge is -2.29. The molecule has 1 aromatic carbocycles. The first-order valence-electron chi connectivity index (χ1n) is 7.76. The Balaban J connectivity index is 2.44. The van der Waals surface area contributed by atoms with Crippen LogP contribution in [0.2, 0.25) is 0 Å². The van der Waals surface area contributed by atoms with Gasteiger partial charge in [0, 0.05) is 12.8 Å². The van der Waals surface area contributed by atoms with Crippen molar-refractivity contribution in [3.63, 3.8) is 0 Å². The van der Waals surface area contributed by atoms with Crippen molar-refractivity contribution < 1.29 is 29.2 Å². The Labute approximate surface area is 161 Å². The van der Waals surface area contributed by atoms with Crippen LogP contribution in [0.15, 0.2) is 36.5 Å². The summed E-state index contributed by atoms with van der Waals surface area (Å²) >= 11 is 0.531. The van der Waals surface area contributed by atoms with Gasteiger partial charge in [-0.3, -0.25) is 25.0 Å². The van der Waals surface area contributed by atoms with Gasteiger partial charge in [-0.05, 0) is 16.9 Å². The van der Waals surface area contributed by atoms with Crippen molar-refractivity contribution in [2.24, 2.45) is 0 Å². The molecule has 28 heavy (non-hydrogen) atoms. The van der Waals surface area contributed by atoms with E-state index in [1.807, 2.05) is 0 Å². The molecule has 11 nitrogen and oxygen atoms in total. The fraction of sp³-hybridized carbons (Fsp3) is 0.188. The van der Waals surface area contributed by atoms with Crippen molar-refractivity contribution in [2.75, 3.05) is 5.32 Å². The molecular weight excluding hydrogens is 392 g/mol. The molecule has 0 saturated carbocycles. The van der Waals surface area contributed by atoms with Crippen LogP contribution in [0.4, 0.5) is 10.1 Å². The lowest BCUT2D eigenvalue weighted by molar-refractivity contribution is -0.380. The average Bonchev–Trinajstić information content (AvgIpc) is 3.13. The molecule has 12 heteroatoms. The lowest BCUT2D eigenvalue weighted by Crippen LogP contribution is -2.59. The van der Waals surface area contributed by atoms with Crippen LogP contribution in [0.25, 0.3) is 0 Å². The maximum absolute atomic E-state index is 12.9. The summed E-state index contributed by atoms with van der Waals surface area (Å²) in [6, 6.07) is 7.21. The van der Waals surface area contributed by atoms with E-state index in [2.05, 4.69) is 15.6 Å². The van der Waals surface area contributed by atoms with Crippen molar-refractivity contribution in [1.82, 2.24) is 10.3 Å². The molecule has 0 aliphatic carbocycles. The van der Waals surface area contributed by atoms with E-state index >= 15 is 0 Å². The van der Waals surface area contributed by atoms with Gasteiger partial charge in [-0.1, -0.05) is 30.3 Å². The molecule has 1 atom stereocenters. The van der Waals surface area contributed by atoms with Crippen LogP contribution in [0.5, 0.6) is 0 Å². The molecule has 0 bridgehead atoms. The predicted octanol–water partition coefficient (Wildman–Crippen LogP) is 1.07. The highest BCUT2D eigenvalue weighted by Gasteiger charge is 2.49. The van der Waals surface area contributed by atoms with E-state index in [9.17, 15) is 34.4 Å². The second-order valence-corrected chi connectivity index (χ2v) is 6.40. The Hall–Kier alpha value is -3.67. The van der Waals surface area contributed by atoms with Crippen LogP contribution >= 0.6 is 11.3 Å². The predicted molar refractivity (Wildman–Crippen MR) is 96.6 cm³/mol. The normalized spacial score (nSPS) is 12.4. The minimum atomic E-state index is -2.53. The lowest BCUT2D eigenvalue weighted by atomic mass is 9.88. The van der Waals surface area contributed by atoms with Gasteiger partial charge < -0.3 is 15.2 Å². The summed E-state index contributed by atoms with van der Waals surface area (Å²) < 4.78 is 0. The molecule has 0 fully saturated rings. The third-order valence-corrected chi connectivity index (χ3v) is 4.44. The number of thiazole rings is 1. The smallest absolute Gasteiger partial charge is 0.345 e. The molecule has 146 valence electrons. The maximum Gasteiger partial charge on any atom is 0.345 e. The van der Waals surface area contributed by atoms with E-state index in [-0.39, 0.29) is 28.5 Å². The summed E-state index contributed by atoms with van der Waals surface area (Å²) in [6.07, 6.45) is 0.922. The molecule has 0 saturated heterocycles. The van der Waals surface area contributed by atoms with Crippen molar-refractivity contribution in [2.45, 2.75) is 18.4 Å². The van der Waals surface area contributed by atoms with Crippen molar-refractivity contribution in [3.05, 3.63) is 52.2 Å². The Bertz CT molecular complexity index is 915. The largest absolute Gasteiger partial charge is 0.479 e. The highest BCUT2D eigenvalue weighted by atomic mass is 32.1. The number of nitrogens with zero attached hydrogens (tertiary/aromatic N) is 2. The summed E-state index contributed by atoms with van der Waals surface area (Å²) in [5.41, 5.74) is -2.58. The Morgan fingerprint density at radius 1 is 1.29 bits per heavy atom. The number of carboxylic acid groups (broad SMARTS) is 1. The third kappa shape index (κ3) is 4.35. The van der Waals surface area contributed by atoms with Gasteiger partial charge >= 0.3 is 11.0 Å². The molecule has 2 rings (SSSR count). The van der Waals surface area contributed by atoms with Crippen LogP contribution in [0.3, 0.4) is 0 Å². The van der Waals surface area contributed by atoms with E-state index in [1.165, 1.54) is 24.3 Å². The second-order valence-electron chi connectivity index (χ2n) is 5.39. The number of nitrogens with one attached hydrogen (secondary N) is 2. The fourth-order valence-corrected chi connectivity index (χ4v) is 2.91. The molecule has 0 spiro atoms. The van der Waals surface area contributed by atoms with E-state index in [1.54, 1.807) is 6.07 Å². The molecule has 2 amide bonds. The number of rotatable bonds is 9. The number of aldehydes is 1. The highest BCUT2D eigenvalue weighted by molar-refractivity contribution is 7.18. The molecular formula is C16H14N4O7S. The van der Waals surface area contributed by atoms with Crippen molar-refractivity contribution in [3.8, 4) is 0 Å². The van der Waals surface area contributed by atoms with Crippen LogP contribution in [-0.2, 0) is 24.7 Å². The Morgan fingerprint density at radius 3 is 2.50 bits per heavy atom. The third-order valence-electron chi connectivity index (χ3n) is 3.58. The van der Waals surface area contributed by atoms with E-state index < -0.39 is 28.2 Å². The monoisotopic (exact) mass is 406 g/mol. The number of nitro groups is 1. The molecule has 0 aliphatic rings. The number of carbonyl (C=O) groups excluding carboxylic acids is 3. The molecule has 3 N–H and O–H groups in total. The number of carboxylic acids is 1. The Morgan fingerprint density at radius 2 is 1.96 bits per heavy atom. The van der Waals surface area contributed by atoms with Gasteiger partial charge in [0.05, 0.1) is 4.92 Å². The molecule has 0 radical (unpaired) electrons. The first-order valence-corrected chi connectivity index (χ1v) is 8.58. The number of carbonyl (C=O) groups is 4. The number of anilines is 1. The number of amides is 2. The van der Waals surface area contributed by atoms with E-state index in [0.717, 1.165) is 6.20 Å².